The van der Waals surface area contributed by atoms with Crippen LogP contribution in [0.3, 0.4) is 0 Å². The smallest absolute Gasteiger partial charge is 0.351 e. The summed E-state index contributed by atoms with van der Waals surface area (Å²) in [5, 5.41) is 31.4. The first-order chi connectivity index (χ1) is 13.9. The third-order valence-corrected chi connectivity index (χ3v) is 4.44. The van der Waals surface area contributed by atoms with Gasteiger partial charge in [0, 0.05) is 6.20 Å². The van der Waals surface area contributed by atoms with Gasteiger partial charge in [0.2, 0.25) is 0 Å². The number of benzene rings is 1. The van der Waals surface area contributed by atoms with Gasteiger partial charge in [-0.15, -0.1) is 0 Å². The fourth-order valence-electron chi connectivity index (χ4n) is 2.94. The van der Waals surface area contributed by atoms with E-state index in [-0.39, 0.29) is 16.9 Å². The second-order valence-corrected chi connectivity index (χ2v) is 6.22. The molecule has 0 bridgehead atoms. The SMILES string of the molecule is COC(=O)c1ccccc1C(=O)Nc1ccn(C2OC(CO)C(O)C2O)c(=O)n1. The highest BCUT2D eigenvalue weighted by Crippen LogP contribution is 2.28. The van der Waals surface area contributed by atoms with Crippen molar-refractivity contribution in [1.29, 1.82) is 0 Å². The number of anilines is 1. The average molecular weight is 405 g/mol. The highest BCUT2D eigenvalue weighted by atomic mass is 16.6. The van der Waals surface area contributed by atoms with E-state index in [1.165, 1.54) is 31.5 Å². The predicted octanol–water partition coefficient (Wildman–Crippen LogP) is -1.11. The molecule has 1 aliphatic rings. The molecule has 1 aromatic heterocycles. The fourth-order valence-corrected chi connectivity index (χ4v) is 2.94. The quantitative estimate of drug-likeness (QED) is 0.452. The topological polar surface area (TPSA) is 160 Å². The van der Waals surface area contributed by atoms with Gasteiger partial charge in [-0.3, -0.25) is 9.36 Å². The molecular formula is C18H19N3O8. The van der Waals surface area contributed by atoms with Crippen LogP contribution in [-0.4, -0.2) is 68.8 Å². The predicted molar refractivity (Wildman–Crippen MR) is 97.2 cm³/mol. The highest BCUT2D eigenvalue weighted by Gasteiger charge is 2.43. The van der Waals surface area contributed by atoms with E-state index in [1.807, 2.05) is 0 Å². The Labute approximate surface area is 164 Å². The molecule has 0 saturated carbocycles. The Kier molecular flexibility index (Phi) is 6.03. The number of aliphatic hydroxyl groups is 3. The summed E-state index contributed by atoms with van der Waals surface area (Å²) in [5.74, 6) is -1.46. The summed E-state index contributed by atoms with van der Waals surface area (Å²) in [6, 6.07) is 7.27. The summed E-state index contributed by atoms with van der Waals surface area (Å²) in [7, 11) is 1.19. The molecule has 2 aromatic rings. The number of ether oxygens (including phenoxy) is 2. The molecule has 4 unspecified atom stereocenters. The number of carbonyl (C=O) groups excluding carboxylic acids is 2. The molecule has 154 valence electrons. The van der Waals surface area contributed by atoms with E-state index in [1.54, 1.807) is 12.1 Å². The lowest BCUT2D eigenvalue weighted by Crippen LogP contribution is -2.36. The molecule has 4 N–H and O–H groups in total. The van der Waals surface area contributed by atoms with Crippen LogP contribution in [0.15, 0.2) is 41.3 Å². The molecule has 1 aromatic carbocycles. The van der Waals surface area contributed by atoms with Crippen molar-refractivity contribution in [1.82, 2.24) is 9.55 Å². The van der Waals surface area contributed by atoms with E-state index < -0.39 is 48.7 Å². The van der Waals surface area contributed by atoms with Gasteiger partial charge < -0.3 is 30.1 Å². The standard InChI is InChI=1S/C18H19N3O8/c1-28-17(26)10-5-3-2-4-9(10)15(25)19-12-6-7-21(18(27)20-12)16-14(24)13(23)11(8-22)29-16/h2-7,11,13-14,16,22-24H,8H2,1H3,(H,19,20,25,27). The van der Waals surface area contributed by atoms with E-state index in [9.17, 15) is 24.6 Å². The van der Waals surface area contributed by atoms with Crippen molar-refractivity contribution in [2.75, 3.05) is 19.0 Å². The van der Waals surface area contributed by atoms with Crippen LogP contribution in [-0.2, 0) is 9.47 Å². The lowest BCUT2D eigenvalue weighted by atomic mass is 10.1. The first-order valence-corrected chi connectivity index (χ1v) is 8.57. The Balaban J connectivity index is 1.81. The third kappa shape index (κ3) is 4.03. The van der Waals surface area contributed by atoms with Gasteiger partial charge in [-0.05, 0) is 18.2 Å². The molecule has 1 amide bonds. The van der Waals surface area contributed by atoms with Crippen molar-refractivity contribution >= 4 is 17.7 Å². The number of aliphatic hydroxyl groups excluding tert-OH is 3. The van der Waals surface area contributed by atoms with Gasteiger partial charge in [0.15, 0.2) is 6.23 Å². The summed E-state index contributed by atoms with van der Waals surface area (Å²) in [6.45, 7) is -0.537. The molecule has 1 saturated heterocycles. The molecule has 3 rings (SSSR count). The molecule has 0 spiro atoms. The van der Waals surface area contributed by atoms with Crippen molar-refractivity contribution in [2.24, 2.45) is 0 Å². The van der Waals surface area contributed by atoms with Crippen LogP contribution in [0.2, 0.25) is 0 Å². The molecule has 2 heterocycles. The van der Waals surface area contributed by atoms with Gasteiger partial charge in [-0.2, -0.15) is 4.98 Å². The normalized spacial score (nSPS) is 23.6. The maximum atomic E-state index is 12.5. The number of esters is 1. The maximum Gasteiger partial charge on any atom is 0.351 e. The van der Waals surface area contributed by atoms with E-state index in [4.69, 9.17) is 9.84 Å². The van der Waals surface area contributed by atoms with Crippen molar-refractivity contribution in [3.8, 4) is 0 Å². The monoisotopic (exact) mass is 405 g/mol. The number of methoxy groups -OCH3 is 1. The van der Waals surface area contributed by atoms with Gasteiger partial charge in [-0.25, -0.2) is 9.59 Å². The summed E-state index contributed by atoms with van der Waals surface area (Å²) in [5.41, 5.74) is -0.778. The number of amides is 1. The second-order valence-electron chi connectivity index (χ2n) is 6.22. The summed E-state index contributed by atoms with van der Waals surface area (Å²) in [6.07, 6.45) is -3.88. The number of rotatable bonds is 5. The van der Waals surface area contributed by atoms with Gasteiger partial charge >= 0.3 is 11.7 Å². The minimum Gasteiger partial charge on any atom is -0.465 e. The van der Waals surface area contributed by atoms with E-state index in [0.717, 1.165) is 4.57 Å². The number of aromatic nitrogens is 2. The summed E-state index contributed by atoms with van der Waals surface area (Å²) < 4.78 is 10.9. The number of nitrogens with zero attached hydrogens (tertiary/aromatic N) is 2. The molecule has 0 aliphatic carbocycles. The minimum atomic E-state index is -1.45. The molecule has 29 heavy (non-hydrogen) atoms. The fraction of sp³-hybridized carbons (Fsp3) is 0.333. The van der Waals surface area contributed by atoms with Crippen molar-refractivity contribution in [3.05, 3.63) is 58.1 Å². The van der Waals surface area contributed by atoms with Crippen LogP contribution in [0.25, 0.3) is 0 Å². The van der Waals surface area contributed by atoms with Crippen molar-refractivity contribution < 1.29 is 34.4 Å². The zero-order valence-corrected chi connectivity index (χ0v) is 15.3. The van der Waals surface area contributed by atoms with Crippen LogP contribution in [0.1, 0.15) is 26.9 Å². The molecular weight excluding hydrogens is 386 g/mol. The van der Waals surface area contributed by atoms with Gasteiger partial charge in [0.1, 0.15) is 24.1 Å². The number of hydrogen-bond donors (Lipinski definition) is 4. The van der Waals surface area contributed by atoms with Crippen LogP contribution in [0, 0.1) is 0 Å². The van der Waals surface area contributed by atoms with Crippen LogP contribution in [0.4, 0.5) is 5.82 Å². The van der Waals surface area contributed by atoms with Gasteiger partial charge in [0.05, 0.1) is 24.8 Å². The van der Waals surface area contributed by atoms with Crippen molar-refractivity contribution in [3.63, 3.8) is 0 Å². The molecule has 4 atom stereocenters. The Bertz CT molecular complexity index is 976. The van der Waals surface area contributed by atoms with Crippen molar-refractivity contribution in [2.45, 2.75) is 24.5 Å². The number of nitrogens with one attached hydrogen (secondary N) is 1. The first-order valence-electron chi connectivity index (χ1n) is 8.57. The van der Waals surface area contributed by atoms with Crippen LogP contribution in [0.5, 0.6) is 0 Å². The van der Waals surface area contributed by atoms with Gasteiger partial charge in [-0.1, -0.05) is 12.1 Å². The summed E-state index contributed by atoms with van der Waals surface area (Å²) >= 11 is 0. The number of carbonyl (C=O) groups is 2. The lowest BCUT2D eigenvalue weighted by molar-refractivity contribution is -0.0549. The maximum absolute atomic E-state index is 12.5. The van der Waals surface area contributed by atoms with E-state index in [2.05, 4.69) is 15.0 Å². The van der Waals surface area contributed by atoms with E-state index in [0.29, 0.717) is 0 Å². The minimum absolute atomic E-state index is 0.0359. The third-order valence-electron chi connectivity index (χ3n) is 4.44. The summed E-state index contributed by atoms with van der Waals surface area (Å²) in [4.78, 5) is 40.3. The average Bonchev–Trinajstić information content (AvgIpc) is 3.01. The molecule has 11 heteroatoms. The van der Waals surface area contributed by atoms with Gasteiger partial charge in [0.25, 0.3) is 5.91 Å². The Hall–Kier alpha value is -3.12. The zero-order valence-electron chi connectivity index (χ0n) is 15.3. The molecule has 1 aliphatic heterocycles. The molecule has 0 radical (unpaired) electrons. The Morgan fingerprint density at radius 2 is 1.90 bits per heavy atom. The number of hydrogen-bond acceptors (Lipinski definition) is 9. The van der Waals surface area contributed by atoms with E-state index >= 15 is 0 Å². The second kappa shape index (κ2) is 8.49. The Morgan fingerprint density at radius 3 is 2.48 bits per heavy atom. The highest BCUT2D eigenvalue weighted by molar-refractivity contribution is 6.10. The lowest BCUT2D eigenvalue weighted by Gasteiger charge is -2.17. The van der Waals surface area contributed by atoms with Crippen LogP contribution < -0.4 is 11.0 Å². The largest absolute Gasteiger partial charge is 0.465 e. The first kappa shape index (κ1) is 20.6. The molecule has 11 nitrogen and oxygen atoms in total. The molecule has 1 fully saturated rings. The Morgan fingerprint density at radius 1 is 1.21 bits per heavy atom. The zero-order chi connectivity index (χ0) is 21.1. The van der Waals surface area contributed by atoms with Crippen LogP contribution >= 0.6 is 0 Å².